The molecule has 0 aliphatic rings. The van der Waals surface area contributed by atoms with Gasteiger partial charge in [0.2, 0.25) is 0 Å². The topological polar surface area (TPSA) is 132 Å². The van der Waals surface area contributed by atoms with Gasteiger partial charge in [-0.2, -0.15) is 31.4 Å². The minimum absolute atomic E-state index is 0.0198. The summed E-state index contributed by atoms with van der Waals surface area (Å²) in [7, 11) is 0. The number of aromatic amines is 1. The number of nitrogen functional groups attached to an aromatic ring is 1. The number of hydrogen-bond donors (Lipinski definition) is 3. The number of pyridine rings is 1. The van der Waals surface area contributed by atoms with Crippen LogP contribution < -0.4 is 22.2 Å². The van der Waals surface area contributed by atoms with Gasteiger partial charge in [0.1, 0.15) is 16.9 Å². The van der Waals surface area contributed by atoms with Crippen molar-refractivity contribution in [1.82, 2.24) is 24.7 Å². The van der Waals surface area contributed by atoms with Crippen molar-refractivity contribution < 1.29 is 35.1 Å². The molecule has 9 nitrogen and oxygen atoms in total. The van der Waals surface area contributed by atoms with E-state index in [0.717, 1.165) is 16.8 Å². The zero-order valence-corrected chi connectivity index (χ0v) is 21.5. The molecule has 0 bridgehead atoms. The molecule has 0 radical (unpaired) electrons. The van der Waals surface area contributed by atoms with Crippen LogP contribution in [0.4, 0.5) is 46.6 Å². The SMILES string of the molecule is CCC(CCCn1ccc2cc(-c3ncc(C(F)(F)F)c(N)n3)c(F)c(F)c2c1=O)Nc1cn[nH]c(=O)c1C(F)(F)F. The minimum atomic E-state index is -4.93. The van der Waals surface area contributed by atoms with Crippen LogP contribution in [-0.4, -0.2) is 30.8 Å². The lowest BCUT2D eigenvalue weighted by molar-refractivity contribution is -0.138. The van der Waals surface area contributed by atoms with E-state index in [-0.39, 0.29) is 24.8 Å². The standard InChI is InChI=1S/C25H21F8N7O2/c1-2-12(37-15-10-36-39-22(41)17(15)25(31,32)33)4-3-6-40-7-5-11-8-13(18(26)19(27)16(11)23(40)42)21-35-9-14(20(34)38-21)24(28,29)30/h5,7-10,12H,2-4,6H2,1H3,(H2,34,35,38)(H2,37,39,41). The van der Waals surface area contributed by atoms with Crippen molar-refractivity contribution in [2.75, 3.05) is 11.1 Å². The van der Waals surface area contributed by atoms with Gasteiger partial charge >= 0.3 is 12.4 Å². The van der Waals surface area contributed by atoms with E-state index in [0.29, 0.717) is 12.6 Å². The molecule has 17 heteroatoms. The van der Waals surface area contributed by atoms with Gasteiger partial charge in [-0.1, -0.05) is 6.92 Å². The molecule has 1 aromatic carbocycles. The minimum Gasteiger partial charge on any atom is -0.383 e. The van der Waals surface area contributed by atoms with Crippen LogP contribution in [0.2, 0.25) is 0 Å². The number of aromatic nitrogens is 5. The molecule has 0 aliphatic heterocycles. The molecule has 1 unspecified atom stereocenters. The van der Waals surface area contributed by atoms with Crippen molar-refractivity contribution in [3.8, 4) is 11.4 Å². The number of fused-ring (bicyclic) bond motifs is 1. The van der Waals surface area contributed by atoms with Gasteiger partial charge in [-0.05, 0) is 36.8 Å². The first-order valence-corrected chi connectivity index (χ1v) is 12.3. The lowest BCUT2D eigenvalue weighted by Gasteiger charge is -2.20. The molecule has 42 heavy (non-hydrogen) atoms. The van der Waals surface area contributed by atoms with Crippen LogP contribution in [0.3, 0.4) is 0 Å². The van der Waals surface area contributed by atoms with E-state index in [1.54, 1.807) is 12.0 Å². The Kier molecular flexibility index (Phi) is 8.22. The van der Waals surface area contributed by atoms with Gasteiger partial charge in [0.25, 0.3) is 11.1 Å². The molecule has 0 aliphatic carbocycles. The van der Waals surface area contributed by atoms with Gasteiger partial charge in [-0.25, -0.2) is 23.8 Å². The van der Waals surface area contributed by atoms with Crippen molar-refractivity contribution in [2.24, 2.45) is 0 Å². The number of nitrogens with one attached hydrogen (secondary N) is 2. The van der Waals surface area contributed by atoms with Crippen molar-refractivity contribution in [2.45, 2.75) is 51.1 Å². The molecule has 0 saturated heterocycles. The fraction of sp³-hybridized carbons (Fsp3) is 0.320. The summed E-state index contributed by atoms with van der Waals surface area (Å²) in [6, 6.07) is 1.73. The maximum Gasteiger partial charge on any atom is 0.423 e. The van der Waals surface area contributed by atoms with Gasteiger partial charge in [0.15, 0.2) is 17.5 Å². The van der Waals surface area contributed by atoms with Crippen LogP contribution in [0.15, 0.2) is 40.3 Å². The van der Waals surface area contributed by atoms with E-state index in [1.807, 2.05) is 0 Å². The van der Waals surface area contributed by atoms with Gasteiger partial charge < -0.3 is 15.6 Å². The number of aryl methyl sites for hydroxylation is 1. The lowest BCUT2D eigenvalue weighted by Crippen LogP contribution is -2.28. The smallest absolute Gasteiger partial charge is 0.383 e. The molecule has 224 valence electrons. The van der Waals surface area contributed by atoms with Gasteiger partial charge in [0, 0.05) is 25.0 Å². The first-order chi connectivity index (χ1) is 19.6. The number of benzene rings is 1. The summed E-state index contributed by atoms with van der Waals surface area (Å²) in [6.07, 6.45) is -6.54. The second kappa shape index (κ2) is 11.4. The van der Waals surface area contributed by atoms with Gasteiger partial charge in [-0.3, -0.25) is 9.59 Å². The number of rotatable bonds is 8. The van der Waals surface area contributed by atoms with Crippen molar-refractivity contribution >= 4 is 22.3 Å². The highest BCUT2D eigenvalue weighted by Gasteiger charge is 2.38. The van der Waals surface area contributed by atoms with Gasteiger partial charge in [0.05, 0.1) is 22.8 Å². The molecule has 4 N–H and O–H groups in total. The van der Waals surface area contributed by atoms with Crippen LogP contribution in [0, 0.1) is 11.6 Å². The number of hydrogen-bond acceptors (Lipinski definition) is 7. The first kappa shape index (κ1) is 30.4. The Hall–Kier alpha value is -4.57. The Morgan fingerprint density at radius 2 is 1.79 bits per heavy atom. The van der Waals surface area contributed by atoms with E-state index in [4.69, 9.17) is 5.73 Å². The normalized spacial score (nSPS) is 13.0. The van der Waals surface area contributed by atoms with E-state index < -0.39 is 80.6 Å². The second-order valence-corrected chi connectivity index (χ2v) is 9.20. The Morgan fingerprint density at radius 1 is 1.07 bits per heavy atom. The molecule has 3 heterocycles. The average molecular weight is 603 g/mol. The largest absolute Gasteiger partial charge is 0.423 e. The predicted octanol–water partition coefficient (Wildman–Crippen LogP) is 5.11. The quantitative estimate of drug-likeness (QED) is 0.239. The van der Waals surface area contributed by atoms with Gasteiger partial charge in [-0.15, -0.1) is 0 Å². The lowest BCUT2D eigenvalue weighted by atomic mass is 10.1. The molecule has 3 aromatic heterocycles. The van der Waals surface area contributed by atoms with Crippen molar-refractivity contribution in [1.29, 1.82) is 0 Å². The molecular weight excluding hydrogens is 582 g/mol. The highest BCUT2D eigenvalue weighted by Crippen LogP contribution is 2.35. The molecule has 0 saturated carbocycles. The van der Waals surface area contributed by atoms with Crippen LogP contribution in [0.1, 0.15) is 37.3 Å². The van der Waals surface area contributed by atoms with E-state index in [9.17, 15) is 40.3 Å². The average Bonchev–Trinajstić information content (AvgIpc) is 2.89. The van der Waals surface area contributed by atoms with E-state index in [1.165, 1.54) is 12.3 Å². The highest BCUT2D eigenvalue weighted by atomic mass is 19.4. The van der Waals surface area contributed by atoms with E-state index >= 15 is 4.39 Å². The Balaban J connectivity index is 1.56. The molecule has 4 rings (SSSR count). The summed E-state index contributed by atoms with van der Waals surface area (Å²) in [4.78, 5) is 31.6. The number of alkyl halides is 6. The summed E-state index contributed by atoms with van der Waals surface area (Å²) in [5.74, 6) is -4.75. The molecule has 0 amide bonds. The summed E-state index contributed by atoms with van der Waals surface area (Å²) in [6.45, 7) is 1.67. The number of nitrogens with zero attached hydrogens (tertiary/aromatic N) is 4. The van der Waals surface area contributed by atoms with Crippen molar-refractivity contribution in [3.63, 3.8) is 0 Å². The fourth-order valence-corrected chi connectivity index (χ4v) is 4.35. The summed E-state index contributed by atoms with van der Waals surface area (Å²) < 4.78 is 110. The third-order valence-corrected chi connectivity index (χ3v) is 6.45. The zero-order chi connectivity index (χ0) is 31.0. The number of anilines is 2. The first-order valence-electron chi connectivity index (χ1n) is 12.3. The Bertz CT molecular complexity index is 1750. The third kappa shape index (κ3) is 6.03. The third-order valence-electron chi connectivity index (χ3n) is 6.45. The monoisotopic (exact) mass is 603 g/mol. The Labute approximate surface area is 230 Å². The summed E-state index contributed by atoms with van der Waals surface area (Å²) in [5.41, 5.74) is -0.890. The van der Waals surface area contributed by atoms with Crippen molar-refractivity contribution in [3.05, 3.63) is 74.2 Å². The molecular formula is C25H21F8N7O2. The predicted molar refractivity (Wildman–Crippen MR) is 135 cm³/mol. The second-order valence-electron chi connectivity index (χ2n) is 9.20. The number of H-pyrrole nitrogens is 1. The molecule has 4 aromatic rings. The summed E-state index contributed by atoms with van der Waals surface area (Å²) in [5, 5.41) is 7.08. The molecule has 0 fully saturated rings. The molecule has 1 atom stereocenters. The van der Waals surface area contributed by atoms with Crippen LogP contribution in [0.25, 0.3) is 22.2 Å². The Morgan fingerprint density at radius 3 is 2.40 bits per heavy atom. The summed E-state index contributed by atoms with van der Waals surface area (Å²) >= 11 is 0. The molecule has 0 spiro atoms. The highest BCUT2D eigenvalue weighted by molar-refractivity contribution is 5.86. The van der Waals surface area contributed by atoms with Crippen LogP contribution in [-0.2, 0) is 18.9 Å². The number of halogens is 8. The maximum atomic E-state index is 15.1. The maximum absolute atomic E-state index is 15.1. The van der Waals surface area contributed by atoms with E-state index in [2.05, 4.69) is 20.4 Å². The van der Waals surface area contributed by atoms with Crippen LogP contribution in [0.5, 0.6) is 0 Å². The van der Waals surface area contributed by atoms with Crippen LogP contribution >= 0.6 is 0 Å². The fourth-order valence-electron chi connectivity index (χ4n) is 4.35. The zero-order valence-electron chi connectivity index (χ0n) is 21.5. The number of nitrogens with two attached hydrogens (primary N) is 1.